The van der Waals surface area contributed by atoms with Crippen molar-refractivity contribution in [2.75, 3.05) is 19.2 Å². The molecule has 2 aromatic heterocycles. The molecule has 1 aliphatic carbocycles. The smallest absolute Gasteiger partial charge is 0.224 e. The lowest BCUT2D eigenvalue weighted by Gasteiger charge is -2.10. The number of nitrogens with zero attached hydrogens (tertiary/aromatic N) is 5. The van der Waals surface area contributed by atoms with Crippen LogP contribution in [0.2, 0.25) is 10.3 Å². The number of rotatable bonds is 5. The number of fused-ring (bicyclic) bond motifs is 1. The van der Waals surface area contributed by atoms with E-state index in [-0.39, 0.29) is 12.0 Å². The molecule has 0 atom stereocenters. The van der Waals surface area contributed by atoms with Gasteiger partial charge in [0, 0.05) is 40.0 Å². The van der Waals surface area contributed by atoms with Crippen molar-refractivity contribution in [1.82, 2.24) is 14.5 Å². The van der Waals surface area contributed by atoms with Crippen LogP contribution >= 0.6 is 23.2 Å². The third kappa shape index (κ3) is 4.16. The highest BCUT2D eigenvalue weighted by Gasteiger charge is 2.33. The predicted octanol–water partition coefficient (Wildman–Crippen LogP) is 4.29. The molecule has 0 saturated heterocycles. The van der Waals surface area contributed by atoms with Crippen LogP contribution in [-0.4, -0.2) is 43.8 Å². The van der Waals surface area contributed by atoms with Gasteiger partial charge in [0.15, 0.2) is 5.65 Å². The van der Waals surface area contributed by atoms with Crippen LogP contribution in [0.15, 0.2) is 40.4 Å². The first-order valence-electron chi connectivity index (χ1n) is 8.01. The van der Waals surface area contributed by atoms with Crippen LogP contribution in [0.1, 0.15) is 24.5 Å². The summed E-state index contributed by atoms with van der Waals surface area (Å²) < 4.78 is 17.8. The Hall–Kier alpha value is -1.70. The Kier molecular flexibility index (Phi) is 5.50. The van der Waals surface area contributed by atoms with E-state index in [9.17, 15) is 4.21 Å². The van der Waals surface area contributed by atoms with E-state index in [1.54, 1.807) is 36.9 Å². The molecule has 1 fully saturated rings. The fourth-order valence-corrected chi connectivity index (χ4v) is 3.41. The highest BCUT2D eigenvalue weighted by molar-refractivity contribution is 7.92. The first kappa shape index (κ1) is 19.1. The van der Waals surface area contributed by atoms with Crippen molar-refractivity contribution < 1.29 is 4.21 Å². The van der Waals surface area contributed by atoms with Crippen LogP contribution in [0, 0.1) is 0 Å². The molecule has 3 rings (SSSR count). The minimum Gasteiger partial charge on any atom is -0.281 e. The van der Waals surface area contributed by atoms with Crippen molar-refractivity contribution in [3.05, 3.63) is 47.0 Å². The topological polar surface area (TPSA) is 72.5 Å². The fourth-order valence-electron chi connectivity index (χ4n) is 2.57. The summed E-state index contributed by atoms with van der Waals surface area (Å²) in [6, 6.07) is 0. The molecule has 138 valence electrons. The lowest BCUT2D eigenvalue weighted by molar-refractivity contribution is 0.682. The first-order chi connectivity index (χ1) is 12.3. The van der Waals surface area contributed by atoms with Crippen LogP contribution in [0.25, 0.3) is 11.0 Å². The lowest BCUT2D eigenvalue weighted by Crippen LogP contribution is -2.14. The maximum Gasteiger partial charge on any atom is 0.224 e. The Morgan fingerprint density at radius 3 is 2.81 bits per heavy atom. The molecule has 1 saturated carbocycles. The highest BCUT2D eigenvalue weighted by atomic mass is 35.5. The zero-order valence-electron chi connectivity index (χ0n) is 14.5. The minimum absolute atomic E-state index is 0.0723. The van der Waals surface area contributed by atoms with Gasteiger partial charge >= 0.3 is 0 Å². The summed E-state index contributed by atoms with van der Waals surface area (Å²) in [5, 5.41) is 1.48. The van der Waals surface area contributed by atoms with E-state index in [1.165, 1.54) is 0 Å². The Labute approximate surface area is 162 Å². The Balaban J connectivity index is 2.24. The molecule has 9 heteroatoms. The average molecular weight is 412 g/mol. The van der Waals surface area contributed by atoms with E-state index >= 15 is 0 Å². The molecule has 0 spiro atoms. The van der Waals surface area contributed by atoms with E-state index in [0.29, 0.717) is 22.4 Å². The molecular weight excluding hydrogens is 393 g/mol. The molecular formula is C17H19Cl2N5OS. The summed E-state index contributed by atoms with van der Waals surface area (Å²) in [4.78, 5) is 12.9. The van der Waals surface area contributed by atoms with Crippen molar-refractivity contribution >= 4 is 49.8 Å². The van der Waals surface area contributed by atoms with Gasteiger partial charge in [-0.2, -0.15) is 4.98 Å². The number of aromatic nitrogens is 3. The van der Waals surface area contributed by atoms with Crippen molar-refractivity contribution in [3.8, 4) is 0 Å². The lowest BCUT2D eigenvalue weighted by atomic mass is 10.2. The maximum absolute atomic E-state index is 11.8. The molecule has 2 heterocycles. The summed E-state index contributed by atoms with van der Waals surface area (Å²) in [7, 11) is -2.24. The SMILES string of the molecule is C=C/C=C\C(=N/CN=S(C)(C)=O)n1c(C2CC2)c(Cl)c2cnc(Cl)nc21. The standard InChI is InChI=1S/C17H19Cl2N5OS/c1-4-5-6-13(21-10-22-26(2,3)25)24-15(11-7-8-11)14(18)12-9-20-17(19)23-16(12)24/h4-6,9,11H,1,7-8,10H2,2-3H3/b6-5-,21-13+. The molecule has 0 bridgehead atoms. The predicted molar refractivity (Wildman–Crippen MR) is 109 cm³/mol. The number of aliphatic imine (C=N–C) groups is 1. The molecule has 0 radical (unpaired) electrons. The summed E-state index contributed by atoms with van der Waals surface area (Å²) >= 11 is 12.6. The van der Waals surface area contributed by atoms with Gasteiger partial charge in [0.2, 0.25) is 5.28 Å². The van der Waals surface area contributed by atoms with Crippen LogP contribution in [0.5, 0.6) is 0 Å². The molecule has 0 aliphatic heterocycles. The van der Waals surface area contributed by atoms with Gasteiger partial charge in [-0.3, -0.25) is 8.78 Å². The second-order valence-electron chi connectivity index (χ2n) is 6.25. The van der Waals surface area contributed by atoms with E-state index in [4.69, 9.17) is 23.2 Å². The quantitative estimate of drug-likeness (QED) is 0.318. The fraction of sp³-hybridized carbons (Fsp3) is 0.353. The van der Waals surface area contributed by atoms with E-state index in [2.05, 4.69) is 25.9 Å². The number of halogens is 2. The Morgan fingerprint density at radius 2 is 2.19 bits per heavy atom. The molecule has 2 aromatic rings. The van der Waals surface area contributed by atoms with Crippen molar-refractivity contribution in [3.63, 3.8) is 0 Å². The van der Waals surface area contributed by atoms with Gasteiger partial charge in [-0.1, -0.05) is 30.3 Å². The van der Waals surface area contributed by atoms with Crippen LogP contribution in [0.4, 0.5) is 0 Å². The zero-order chi connectivity index (χ0) is 18.9. The van der Waals surface area contributed by atoms with Crippen molar-refractivity contribution in [2.24, 2.45) is 9.36 Å². The summed E-state index contributed by atoms with van der Waals surface area (Å²) in [6.07, 6.45) is 12.1. The van der Waals surface area contributed by atoms with Gasteiger partial charge < -0.3 is 0 Å². The molecule has 1 aliphatic rings. The maximum atomic E-state index is 11.8. The summed E-state index contributed by atoms with van der Waals surface area (Å²) in [5.74, 6) is 0.933. The van der Waals surface area contributed by atoms with E-state index in [0.717, 1.165) is 23.9 Å². The van der Waals surface area contributed by atoms with Crippen molar-refractivity contribution in [2.45, 2.75) is 18.8 Å². The number of allylic oxidation sites excluding steroid dienone is 3. The van der Waals surface area contributed by atoms with E-state index in [1.807, 2.05) is 4.57 Å². The second-order valence-corrected chi connectivity index (χ2v) is 9.58. The summed E-state index contributed by atoms with van der Waals surface area (Å²) in [5.41, 5.74) is 1.54. The number of hydrogen-bond donors (Lipinski definition) is 0. The molecule has 0 aromatic carbocycles. The van der Waals surface area contributed by atoms with Crippen LogP contribution in [0.3, 0.4) is 0 Å². The van der Waals surface area contributed by atoms with Gasteiger partial charge in [0.25, 0.3) is 0 Å². The zero-order valence-corrected chi connectivity index (χ0v) is 16.9. The molecule has 6 nitrogen and oxygen atoms in total. The Morgan fingerprint density at radius 1 is 1.46 bits per heavy atom. The third-order valence-electron chi connectivity index (χ3n) is 3.83. The van der Waals surface area contributed by atoms with Crippen molar-refractivity contribution in [1.29, 1.82) is 0 Å². The van der Waals surface area contributed by atoms with Gasteiger partial charge in [0.05, 0.1) is 10.4 Å². The highest BCUT2D eigenvalue weighted by Crippen LogP contribution is 2.46. The monoisotopic (exact) mass is 411 g/mol. The molecule has 0 N–H and O–H groups in total. The second kappa shape index (κ2) is 7.50. The third-order valence-corrected chi connectivity index (χ3v) is 5.15. The minimum atomic E-state index is -2.24. The first-order valence-corrected chi connectivity index (χ1v) is 11.1. The molecule has 0 amide bonds. The molecule has 26 heavy (non-hydrogen) atoms. The van der Waals surface area contributed by atoms with Gasteiger partial charge in [-0.05, 0) is 30.5 Å². The number of hydrogen-bond acceptors (Lipinski definition) is 5. The van der Waals surface area contributed by atoms with Gasteiger partial charge in [-0.25, -0.2) is 14.3 Å². The normalized spacial score (nSPS) is 15.8. The molecule has 0 unspecified atom stereocenters. The van der Waals surface area contributed by atoms with Gasteiger partial charge in [0.1, 0.15) is 12.5 Å². The van der Waals surface area contributed by atoms with E-state index < -0.39 is 9.73 Å². The largest absolute Gasteiger partial charge is 0.281 e. The summed E-state index contributed by atoms with van der Waals surface area (Å²) in [6.45, 7) is 3.78. The Bertz CT molecular complexity index is 1040. The average Bonchev–Trinajstić information content (AvgIpc) is 3.35. The van der Waals surface area contributed by atoms with Gasteiger partial charge in [-0.15, -0.1) is 0 Å². The van der Waals surface area contributed by atoms with Crippen LogP contribution in [-0.2, 0) is 9.73 Å². The van der Waals surface area contributed by atoms with Crippen LogP contribution < -0.4 is 0 Å².